The van der Waals surface area contributed by atoms with E-state index in [2.05, 4.69) is 37.2 Å². The Morgan fingerprint density at radius 3 is 2.30 bits per heavy atom. The minimum atomic E-state index is -3.81. The second-order valence-electron chi connectivity index (χ2n) is 4.05. The van der Waals surface area contributed by atoms with Crippen LogP contribution in [0.2, 0.25) is 0 Å². The summed E-state index contributed by atoms with van der Waals surface area (Å²) in [7, 11) is -3.81. The Balaban J connectivity index is 2.34. The summed E-state index contributed by atoms with van der Waals surface area (Å²) in [6.45, 7) is 0. The van der Waals surface area contributed by atoms with Crippen LogP contribution in [-0.4, -0.2) is 8.42 Å². The van der Waals surface area contributed by atoms with Gasteiger partial charge in [0, 0.05) is 14.6 Å². The quantitative estimate of drug-likeness (QED) is 0.664. The molecule has 0 unspecified atom stereocenters. The first-order chi connectivity index (χ1) is 9.27. The van der Waals surface area contributed by atoms with Crippen LogP contribution in [0, 0.1) is 0 Å². The first-order valence-corrected chi connectivity index (χ1v) is 8.55. The van der Waals surface area contributed by atoms with Crippen LogP contribution in [0.4, 0.5) is 17.1 Å². The van der Waals surface area contributed by atoms with Crippen molar-refractivity contribution in [2.24, 2.45) is 5.14 Å². The third kappa shape index (κ3) is 3.51. The van der Waals surface area contributed by atoms with Gasteiger partial charge in [0.2, 0.25) is 10.0 Å². The topological polar surface area (TPSA) is 98.2 Å². The van der Waals surface area contributed by atoms with Crippen LogP contribution in [0.5, 0.6) is 0 Å². The zero-order valence-corrected chi connectivity index (χ0v) is 14.1. The van der Waals surface area contributed by atoms with E-state index in [-0.39, 0.29) is 10.6 Å². The molecule has 106 valence electrons. The molecular weight excluding hydrogens is 410 g/mol. The van der Waals surface area contributed by atoms with Gasteiger partial charge in [-0.1, -0.05) is 15.9 Å². The van der Waals surface area contributed by atoms with E-state index >= 15 is 0 Å². The summed E-state index contributed by atoms with van der Waals surface area (Å²) in [5, 5.41) is 8.20. The van der Waals surface area contributed by atoms with Crippen molar-refractivity contribution in [3.8, 4) is 0 Å². The van der Waals surface area contributed by atoms with Crippen LogP contribution >= 0.6 is 31.9 Å². The maximum Gasteiger partial charge on any atom is 0.240 e. The van der Waals surface area contributed by atoms with E-state index in [0.717, 1.165) is 14.6 Å². The molecule has 0 heterocycles. The van der Waals surface area contributed by atoms with Crippen molar-refractivity contribution in [3.63, 3.8) is 0 Å². The van der Waals surface area contributed by atoms with Crippen LogP contribution in [-0.2, 0) is 10.0 Å². The number of hydrogen-bond donors (Lipinski definition) is 3. The lowest BCUT2D eigenvalue weighted by atomic mass is 10.2. The second kappa shape index (κ2) is 5.72. The largest absolute Gasteiger partial charge is 0.398 e. The fourth-order valence-electron chi connectivity index (χ4n) is 1.63. The number of primary sulfonamides is 1. The maximum atomic E-state index is 11.3. The third-order valence-corrected chi connectivity index (χ3v) is 4.66. The zero-order valence-electron chi connectivity index (χ0n) is 10.1. The fraction of sp³-hybridized carbons (Fsp3) is 0. The molecule has 0 fully saturated rings. The van der Waals surface area contributed by atoms with Crippen LogP contribution < -0.4 is 16.2 Å². The molecule has 0 aliphatic heterocycles. The van der Waals surface area contributed by atoms with Crippen LogP contribution in [0.3, 0.4) is 0 Å². The Labute approximate surface area is 133 Å². The van der Waals surface area contributed by atoms with Crippen molar-refractivity contribution < 1.29 is 8.42 Å². The first kappa shape index (κ1) is 15.3. The zero-order chi connectivity index (χ0) is 14.9. The molecule has 5 nitrogen and oxygen atoms in total. The van der Waals surface area contributed by atoms with Gasteiger partial charge < -0.3 is 11.1 Å². The average molecular weight is 421 g/mol. The molecule has 2 aromatic rings. The van der Waals surface area contributed by atoms with E-state index in [9.17, 15) is 8.42 Å². The predicted molar refractivity (Wildman–Crippen MR) is 87.4 cm³/mol. The minimum Gasteiger partial charge on any atom is -0.398 e. The molecule has 0 aromatic heterocycles. The van der Waals surface area contributed by atoms with E-state index in [1.807, 2.05) is 18.2 Å². The van der Waals surface area contributed by atoms with Crippen molar-refractivity contribution in [1.82, 2.24) is 0 Å². The van der Waals surface area contributed by atoms with E-state index in [4.69, 9.17) is 10.9 Å². The average Bonchev–Trinajstić information content (AvgIpc) is 2.31. The molecule has 0 atom stereocenters. The standard InChI is InChI=1S/C12H11Br2N3O2S/c13-7-1-3-11(9(14)5-7)17-8-2-4-12(10(15)6-8)20(16,18)19/h1-6,17H,15H2,(H2,16,18,19). The third-order valence-electron chi connectivity index (χ3n) is 2.53. The van der Waals surface area contributed by atoms with Gasteiger partial charge in [0.05, 0.1) is 11.4 Å². The SMILES string of the molecule is Nc1cc(Nc2ccc(Br)cc2Br)ccc1S(N)(=O)=O. The van der Waals surface area contributed by atoms with E-state index in [1.165, 1.54) is 12.1 Å². The summed E-state index contributed by atoms with van der Waals surface area (Å²) in [4.78, 5) is -0.0853. The molecule has 8 heteroatoms. The highest BCUT2D eigenvalue weighted by Gasteiger charge is 2.12. The molecule has 2 aromatic carbocycles. The highest BCUT2D eigenvalue weighted by atomic mass is 79.9. The van der Waals surface area contributed by atoms with Gasteiger partial charge >= 0.3 is 0 Å². The van der Waals surface area contributed by atoms with Gasteiger partial charge in [0.15, 0.2) is 0 Å². The van der Waals surface area contributed by atoms with Gasteiger partial charge in [-0.3, -0.25) is 0 Å². The van der Waals surface area contributed by atoms with Gasteiger partial charge in [-0.2, -0.15) is 0 Å². The van der Waals surface area contributed by atoms with Crippen molar-refractivity contribution in [2.45, 2.75) is 4.90 Å². The van der Waals surface area contributed by atoms with Crippen molar-refractivity contribution in [2.75, 3.05) is 11.1 Å². The number of nitrogen functional groups attached to an aromatic ring is 1. The molecule has 0 aliphatic carbocycles. The van der Waals surface area contributed by atoms with Crippen molar-refractivity contribution >= 4 is 58.9 Å². The molecule has 0 saturated carbocycles. The Morgan fingerprint density at radius 2 is 1.75 bits per heavy atom. The monoisotopic (exact) mass is 419 g/mol. The number of nitrogens with two attached hydrogens (primary N) is 2. The molecule has 5 N–H and O–H groups in total. The Kier molecular flexibility index (Phi) is 4.38. The maximum absolute atomic E-state index is 11.3. The first-order valence-electron chi connectivity index (χ1n) is 5.42. The predicted octanol–water partition coefficient (Wildman–Crippen LogP) is 3.18. The Bertz CT molecular complexity index is 763. The van der Waals surface area contributed by atoms with Gasteiger partial charge in [-0.15, -0.1) is 0 Å². The van der Waals surface area contributed by atoms with Gasteiger partial charge in [-0.05, 0) is 52.3 Å². The lowest BCUT2D eigenvalue weighted by Gasteiger charge is -2.11. The van der Waals surface area contributed by atoms with E-state index in [1.54, 1.807) is 6.07 Å². The Hall–Kier alpha value is -1.09. The van der Waals surface area contributed by atoms with Crippen molar-refractivity contribution in [1.29, 1.82) is 0 Å². The molecule has 0 spiro atoms. The number of hydrogen-bond acceptors (Lipinski definition) is 4. The highest BCUT2D eigenvalue weighted by Crippen LogP contribution is 2.30. The normalized spacial score (nSPS) is 11.3. The summed E-state index contributed by atoms with van der Waals surface area (Å²) in [6.07, 6.45) is 0. The molecule has 0 bridgehead atoms. The highest BCUT2D eigenvalue weighted by molar-refractivity contribution is 9.11. The molecule has 20 heavy (non-hydrogen) atoms. The lowest BCUT2D eigenvalue weighted by Crippen LogP contribution is -2.14. The Morgan fingerprint density at radius 1 is 1.05 bits per heavy atom. The molecule has 0 radical (unpaired) electrons. The number of halogens is 2. The molecular formula is C12H11Br2N3O2S. The lowest BCUT2D eigenvalue weighted by molar-refractivity contribution is 0.598. The number of nitrogens with one attached hydrogen (secondary N) is 1. The van der Waals surface area contributed by atoms with E-state index in [0.29, 0.717) is 5.69 Å². The van der Waals surface area contributed by atoms with Crippen molar-refractivity contribution in [3.05, 3.63) is 45.3 Å². The summed E-state index contributed by atoms with van der Waals surface area (Å²) < 4.78 is 24.4. The smallest absolute Gasteiger partial charge is 0.240 e. The van der Waals surface area contributed by atoms with Crippen LogP contribution in [0.25, 0.3) is 0 Å². The molecule has 0 saturated heterocycles. The van der Waals surface area contributed by atoms with E-state index < -0.39 is 10.0 Å². The van der Waals surface area contributed by atoms with Crippen LogP contribution in [0.1, 0.15) is 0 Å². The number of rotatable bonds is 3. The van der Waals surface area contributed by atoms with Gasteiger partial charge in [0.1, 0.15) is 4.90 Å². The fourth-order valence-corrected chi connectivity index (χ4v) is 3.42. The second-order valence-corrected chi connectivity index (χ2v) is 7.35. The molecule has 2 rings (SSSR count). The molecule has 0 aliphatic rings. The number of anilines is 3. The summed E-state index contributed by atoms with van der Waals surface area (Å²) in [5.74, 6) is 0. The molecule has 0 amide bonds. The van der Waals surface area contributed by atoms with Crippen LogP contribution in [0.15, 0.2) is 50.2 Å². The number of benzene rings is 2. The van der Waals surface area contributed by atoms with Gasteiger partial charge in [-0.25, -0.2) is 13.6 Å². The van der Waals surface area contributed by atoms with Gasteiger partial charge in [0.25, 0.3) is 0 Å². The summed E-state index contributed by atoms with van der Waals surface area (Å²) in [5.41, 5.74) is 7.30. The summed E-state index contributed by atoms with van der Waals surface area (Å²) >= 11 is 6.80. The number of sulfonamides is 1. The minimum absolute atomic E-state index is 0.0853. The summed E-state index contributed by atoms with van der Waals surface area (Å²) in [6, 6.07) is 10.1.